The first-order chi connectivity index (χ1) is 27.7. The lowest BCUT2D eigenvalue weighted by molar-refractivity contribution is 0.659. The number of rotatable bonds is 6. The van der Waals surface area contributed by atoms with Gasteiger partial charge in [-0.1, -0.05) is 146 Å². The fraction of sp³-hybridized carbons (Fsp3) is 0.0196. The second kappa shape index (κ2) is 13.1. The monoisotopic (exact) mass is 719 g/mol. The van der Waals surface area contributed by atoms with E-state index in [9.17, 15) is 0 Å². The standard InChI is InChI=1S/C51H33N3O2/c1-3-11-32(12-4-1)36-15-9-16-37(29-36)34-21-23-35(24-22-34)49-52-50(54-51(53-49)44-19-10-18-43-40-17-7-8-20-45(40)56-48(43)44)39-26-28-42-41-27-25-38(33-13-5-2-6-14-33)30-46(41)55-47(42)31-39/h1-31,49H,(H,52,53,54). The molecule has 3 heterocycles. The third-order valence-corrected chi connectivity index (χ3v) is 10.8. The largest absolute Gasteiger partial charge is 0.456 e. The van der Waals surface area contributed by atoms with Crippen LogP contribution >= 0.6 is 0 Å². The molecular formula is C51H33N3O2. The molecule has 1 unspecified atom stereocenters. The Morgan fingerprint density at radius 1 is 0.393 bits per heavy atom. The molecular weight excluding hydrogens is 687 g/mol. The van der Waals surface area contributed by atoms with Gasteiger partial charge in [-0.3, -0.25) is 0 Å². The summed E-state index contributed by atoms with van der Waals surface area (Å²) in [5, 5.41) is 7.92. The van der Waals surface area contributed by atoms with Crippen LogP contribution in [-0.2, 0) is 0 Å². The smallest absolute Gasteiger partial charge is 0.159 e. The van der Waals surface area contributed by atoms with Gasteiger partial charge in [-0.25, -0.2) is 9.98 Å². The predicted octanol–water partition coefficient (Wildman–Crippen LogP) is 13.0. The fourth-order valence-corrected chi connectivity index (χ4v) is 7.91. The summed E-state index contributed by atoms with van der Waals surface area (Å²) in [5.74, 6) is 1.31. The summed E-state index contributed by atoms with van der Waals surface area (Å²) >= 11 is 0. The molecule has 0 radical (unpaired) electrons. The molecule has 0 spiro atoms. The second-order valence-electron chi connectivity index (χ2n) is 14.2. The maximum atomic E-state index is 6.52. The molecule has 1 aliphatic heterocycles. The summed E-state index contributed by atoms with van der Waals surface area (Å²) < 4.78 is 13.0. The Labute approximate surface area is 322 Å². The average molecular weight is 720 g/mol. The highest BCUT2D eigenvalue weighted by Crippen LogP contribution is 2.36. The Balaban J connectivity index is 1.00. The zero-order valence-electron chi connectivity index (χ0n) is 30.2. The Hall–Kier alpha value is -7.50. The first kappa shape index (κ1) is 32.0. The van der Waals surface area contributed by atoms with Gasteiger partial charge < -0.3 is 14.2 Å². The lowest BCUT2D eigenvalue weighted by Crippen LogP contribution is -2.33. The Bertz CT molecular complexity index is 3160. The second-order valence-corrected chi connectivity index (χ2v) is 14.2. The number of hydrogen-bond donors (Lipinski definition) is 1. The molecule has 11 rings (SSSR count). The van der Waals surface area contributed by atoms with Crippen LogP contribution in [0.3, 0.4) is 0 Å². The quantitative estimate of drug-likeness (QED) is 0.186. The molecule has 0 amide bonds. The summed E-state index contributed by atoms with van der Waals surface area (Å²) in [6, 6.07) is 65.3. The van der Waals surface area contributed by atoms with Crippen molar-refractivity contribution in [3.05, 3.63) is 205 Å². The minimum atomic E-state index is -0.401. The van der Waals surface area contributed by atoms with E-state index in [1.807, 2.05) is 30.3 Å². The van der Waals surface area contributed by atoms with Crippen molar-refractivity contribution in [2.24, 2.45) is 9.98 Å². The van der Waals surface area contributed by atoms with E-state index in [0.29, 0.717) is 11.7 Å². The first-order valence-electron chi connectivity index (χ1n) is 18.8. The highest BCUT2D eigenvalue weighted by Gasteiger charge is 2.24. The van der Waals surface area contributed by atoms with E-state index in [0.717, 1.165) is 82.8 Å². The highest BCUT2D eigenvalue weighted by atomic mass is 16.3. The van der Waals surface area contributed by atoms with E-state index < -0.39 is 6.17 Å². The summed E-state index contributed by atoms with van der Waals surface area (Å²) in [6.07, 6.45) is -0.401. The molecule has 5 nitrogen and oxygen atoms in total. The van der Waals surface area contributed by atoms with Gasteiger partial charge >= 0.3 is 0 Å². The fourth-order valence-electron chi connectivity index (χ4n) is 7.91. The van der Waals surface area contributed by atoms with Crippen LogP contribution in [0, 0.1) is 0 Å². The van der Waals surface area contributed by atoms with E-state index in [1.165, 1.54) is 11.1 Å². The van der Waals surface area contributed by atoms with Gasteiger partial charge in [-0.05, 0) is 81.4 Å². The van der Waals surface area contributed by atoms with Crippen molar-refractivity contribution in [1.82, 2.24) is 5.32 Å². The molecule has 0 fully saturated rings. The number of benzene rings is 8. The topological polar surface area (TPSA) is 63.0 Å². The molecule has 5 heteroatoms. The highest BCUT2D eigenvalue weighted by molar-refractivity contribution is 6.20. The van der Waals surface area contributed by atoms with Gasteiger partial charge in [0.15, 0.2) is 5.84 Å². The molecule has 0 saturated carbocycles. The number of aliphatic imine (C=N–C) groups is 2. The van der Waals surface area contributed by atoms with Crippen LogP contribution < -0.4 is 5.32 Å². The van der Waals surface area contributed by atoms with Crippen LogP contribution in [0.25, 0.3) is 77.3 Å². The molecule has 0 aliphatic carbocycles. The van der Waals surface area contributed by atoms with Crippen LogP contribution in [0.5, 0.6) is 0 Å². The minimum absolute atomic E-state index is 0.401. The van der Waals surface area contributed by atoms with E-state index in [4.69, 9.17) is 18.8 Å². The maximum absolute atomic E-state index is 6.52. The minimum Gasteiger partial charge on any atom is -0.456 e. The molecule has 10 aromatic rings. The van der Waals surface area contributed by atoms with Gasteiger partial charge in [-0.15, -0.1) is 0 Å². The Kier molecular flexibility index (Phi) is 7.49. The van der Waals surface area contributed by atoms with E-state index in [1.54, 1.807) is 0 Å². The number of hydrogen-bond acceptors (Lipinski definition) is 5. The van der Waals surface area contributed by atoms with Crippen molar-refractivity contribution >= 4 is 55.5 Å². The number of fused-ring (bicyclic) bond motifs is 6. The van der Waals surface area contributed by atoms with Crippen LogP contribution in [0.1, 0.15) is 22.9 Å². The zero-order chi connectivity index (χ0) is 37.0. The molecule has 264 valence electrons. The molecule has 0 saturated heterocycles. The number of nitrogens with one attached hydrogen (secondary N) is 1. The van der Waals surface area contributed by atoms with Crippen molar-refractivity contribution in [3.8, 4) is 33.4 Å². The van der Waals surface area contributed by atoms with Gasteiger partial charge in [0, 0.05) is 27.1 Å². The lowest BCUT2D eigenvalue weighted by Gasteiger charge is -2.24. The predicted molar refractivity (Wildman–Crippen MR) is 229 cm³/mol. The van der Waals surface area contributed by atoms with Gasteiger partial charge in [0.1, 0.15) is 34.3 Å². The molecule has 0 bridgehead atoms. The van der Waals surface area contributed by atoms with Gasteiger partial charge in [-0.2, -0.15) is 0 Å². The van der Waals surface area contributed by atoms with Crippen molar-refractivity contribution in [2.45, 2.75) is 6.17 Å². The Morgan fingerprint density at radius 3 is 1.66 bits per heavy atom. The number of nitrogens with zero attached hydrogens (tertiary/aromatic N) is 2. The molecule has 2 aromatic heterocycles. The average Bonchev–Trinajstić information content (AvgIpc) is 3.85. The van der Waals surface area contributed by atoms with Gasteiger partial charge in [0.2, 0.25) is 0 Å². The van der Waals surface area contributed by atoms with E-state index in [-0.39, 0.29) is 0 Å². The SMILES string of the molecule is c1ccc(-c2cccc(-c3ccc(C4N=C(c5ccc6c(c5)oc5cc(-c7ccccc7)ccc56)N=C(c5cccc6c5oc5ccccc56)N4)cc3)c2)cc1. The van der Waals surface area contributed by atoms with Crippen LogP contribution in [0.2, 0.25) is 0 Å². The van der Waals surface area contributed by atoms with Crippen molar-refractivity contribution in [2.75, 3.05) is 0 Å². The number of para-hydroxylation sites is 2. The van der Waals surface area contributed by atoms with Gasteiger partial charge in [0.25, 0.3) is 0 Å². The third-order valence-electron chi connectivity index (χ3n) is 10.8. The third kappa shape index (κ3) is 5.57. The molecule has 1 aliphatic rings. The van der Waals surface area contributed by atoms with E-state index in [2.05, 4.69) is 163 Å². The maximum Gasteiger partial charge on any atom is 0.159 e. The first-order valence-corrected chi connectivity index (χ1v) is 18.8. The number of furan rings is 2. The van der Waals surface area contributed by atoms with Crippen LogP contribution in [-0.4, -0.2) is 11.7 Å². The molecule has 1 atom stereocenters. The normalized spacial score (nSPS) is 14.2. The van der Waals surface area contributed by atoms with Crippen LogP contribution in [0.4, 0.5) is 0 Å². The van der Waals surface area contributed by atoms with Crippen LogP contribution in [0.15, 0.2) is 207 Å². The van der Waals surface area contributed by atoms with Crippen molar-refractivity contribution in [3.63, 3.8) is 0 Å². The Morgan fingerprint density at radius 2 is 0.929 bits per heavy atom. The molecule has 1 N–H and O–H groups in total. The summed E-state index contributed by atoms with van der Waals surface area (Å²) in [7, 11) is 0. The van der Waals surface area contributed by atoms with Crippen molar-refractivity contribution < 1.29 is 8.83 Å². The zero-order valence-corrected chi connectivity index (χ0v) is 30.2. The summed E-state index contributed by atoms with van der Waals surface area (Å²) in [5.41, 5.74) is 13.0. The molecule has 56 heavy (non-hydrogen) atoms. The van der Waals surface area contributed by atoms with E-state index >= 15 is 0 Å². The van der Waals surface area contributed by atoms with Gasteiger partial charge in [0.05, 0.1) is 5.56 Å². The summed E-state index contributed by atoms with van der Waals surface area (Å²) in [6.45, 7) is 0. The summed E-state index contributed by atoms with van der Waals surface area (Å²) in [4.78, 5) is 10.4. The number of amidine groups is 2. The molecule has 8 aromatic carbocycles. The lowest BCUT2D eigenvalue weighted by atomic mass is 9.98. The van der Waals surface area contributed by atoms with Crippen molar-refractivity contribution in [1.29, 1.82) is 0 Å².